The number of aryl methyl sites for hydroxylation is 1. The number of thioether (sulfide) groups is 1. The Balaban J connectivity index is 2.01. The topological polar surface area (TPSA) is 34.4 Å². The standard InChI is InChI=1S/C17H16N2OS2/c1-3-21-13-8-6-7-12(11-13)16(20)18-17-19(2)14-9-4-5-10-15(14)22-17/h4-11H,3H2,1-2H3. The lowest BCUT2D eigenvalue weighted by Gasteiger charge is -2.00. The molecule has 0 saturated heterocycles. The second-order valence-corrected chi connectivity index (χ2v) is 7.14. The van der Waals surface area contributed by atoms with E-state index in [4.69, 9.17) is 0 Å². The predicted molar refractivity (Wildman–Crippen MR) is 93.5 cm³/mol. The highest BCUT2D eigenvalue weighted by Crippen LogP contribution is 2.19. The summed E-state index contributed by atoms with van der Waals surface area (Å²) in [5, 5.41) is 0. The summed E-state index contributed by atoms with van der Waals surface area (Å²) in [6.45, 7) is 2.10. The molecule has 5 heteroatoms. The Morgan fingerprint density at radius 2 is 2.05 bits per heavy atom. The van der Waals surface area contributed by atoms with Crippen molar-refractivity contribution in [2.45, 2.75) is 11.8 Å². The van der Waals surface area contributed by atoms with Gasteiger partial charge in [-0.2, -0.15) is 4.99 Å². The minimum atomic E-state index is -0.194. The van der Waals surface area contributed by atoms with Crippen molar-refractivity contribution in [2.75, 3.05) is 5.75 Å². The second-order valence-electron chi connectivity index (χ2n) is 4.79. The molecule has 112 valence electrons. The molecule has 1 amide bonds. The number of thiazole rings is 1. The van der Waals surface area contributed by atoms with Gasteiger partial charge in [-0.1, -0.05) is 36.5 Å². The quantitative estimate of drug-likeness (QED) is 0.679. The smallest absolute Gasteiger partial charge is 0.279 e. The van der Waals surface area contributed by atoms with Crippen LogP contribution in [0.2, 0.25) is 0 Å². The van der Waals surface area contributed by atoms with Gasteiger partial charge >= 0.3 is 0 Å². The highest BCUT2D eigenvalue weighted by molar-refractivity contribution is 7.99. The van der Waals surface area contributed by atoms with Crippen molar-refractivity contribution in [3.05, 3.63) is 58.9 Å². The van der Waals surface area contributed by atoms with Gasteiger partial charge in [-0.3, -0.25) is 4.79 Å². The average molecular weight is 328 g/mol. The fourth-order valence-corrected chi connectivity index (χ4v) is 3.96. The van der Waals surface area contributed by atoms with Gasteiger partial charge in [-0.05, 0) is 36.1 Å². The van der Waals surface area contributed by atoms with Gasteiger partial charge < -0.3 is 4.57 Å². The summed E-state index contributed by atoms with van der Waals surface area (Å²) in [7, 11) is 1.94. The number of hydrogen-bond donors (Lipinski definition) is 0. The van der Waals surface area contributed by atoms with Crippen molar-refractivity contribution >= 4 is 39.2 Å². The van der Waals surface area contributed by atoms with Crippen LogP contribution in [0.4, 0.5) is 0 Å². The minimum Gasteiger partial charge on any atom is -0.319 e. The van der Waals surface area contributed by atoms with Gasteiger partial charge in [0.05, 0.1) is 10.2 Å². The van der Waals surface area contributed by atoms with E-state index in [1.165, 1.54) is 11.3 Å². The van der Waals surface area contributed by atoms with Crippen LogP contribution in [0.5, 0.6) is 0 Å². The van der Waals surface area contributed by atoms with E-state index >= 15 is 0 Å². The molecule has 0 bridgehead atoms. The summed E-state index contributed by atoms with van der Waals surface area (Å²) in [5.41, 5.74) is 1.73. The van der Waals surface area contributed by atoms with Gasteiger partial charge in [0.25, 0.3) is 5.91 Å². The Kier molecular flexibility index (Phi) is 4.45. The summed E-state index contributed by atoms with van der Waals surface area (Å²) in [6, 6.07) is 15.7. The molecule has 0 unspecified atom stereocenters. The highest BCUT2D eigenvalue weighted by atomic mass is 32.2. The van der Waals surface area contributed by atoms with Crippen molar-refractivity contribution < 1.29 is 4.79 Å². The van der Waals surface area contributed by atoms with Gasteiger partial charge in [0, 0.05) is 17.5 Å². The Morgan fingerprint density at radius 3 is 2.82 bits per heavy atom. The number of para-hydroxylation sites is 1. The number of carbonyl (C=O) groups excluding carboxylic acids is 1. The molecule has 3 aromatic rings. The third kappa shape index (κ3) is 3.00. The maximum atomic E-state index is 12.4. The largest absolute Gasteiger partial charge is 0.319 e. The molecule has 0 aliphatic rings. The van der Waals surface area contributed by atoms with Crippen molar-refractivity contribution in [1.29, 1.82) is 0 Å². The van der Waals surface area contributed by atoms with E-state index in [0.717, 1.165) is 25.7 Å². The first-order valence-corrected chi connectivity index (χ1v) is 8.85. The maximum absolute atomic E-state index is 12.4. The van der Waals surface area contributed by atoms with Crippen LogP contribution in [0.3, 0.4) is 0 Å². The lowest BCUT2D eigenvalue weighted by molar-refractivity contribution is 0.0997. The molecule has 0 atom stereocenters. The number of aromatic nitrogens is 1. The summed E-state index contributed by atoms with van der Waals surface area (Å²) in [6.07, 6.45) is 0. The molecule has 1 heterocycles. The first-order chi connectivity index (χ1) is 10.7. The van der Waals surface area contributed by atoms with Gasteiger partial charge in [-0.25, -0.2) is 0 Å². The average Bonchev–Trinajstić information content (AvgIpc) is 2.85. The van der Waals surface area contributed by atoms with E-state index in [2.05, 4.69) is 11.9 Å². The minimum absolute atomic E-state index is 0.194. The third-order valence-corrected chi connectivity index (χ3v) is 5.29. The number of benzene rings is 2. The Labute approximate surface area is 137 Å². The van der Waals surface area contributed by atoms with Crippen LogP contribution < -0.4 is 4.80 Å². The molecule has 1 aromatic heterocycles. The zero-order chi connectivity index (χ0) is 15.5. The van der Waals surface area contributed by atoms with Gasteiger partial charge in [-0.15, -0.1) is 11.8 Å². The molecule has 0 aliphatic heterocycles. The zero-order valence-electron chi connectivity index (χ0n) is 12.4. The number of fused-ring (bicyclic) bond motifs is 1. The van der Waals surface area contributed by atoms with E-state index in [1.807, 2.05) is 60.1 Å². The third-order valence-electron chi connectivity index (χ3n) is 3.30. The summed E-state index contributed by atoms with van der Waals surface area (Å²) >= 11 is 3.26. The Morgan fingerprint density at radius 1 is 1.23 bits per heavy atom. The fourth-order valence-electron chi connectivity index (χ4n) is 2.23. The predicted octanol–water partition coefficient (Wildman–Crippen LogP) is 4.09. The van der Waals surface area contributed by atoms with E-state index < -0.39 is 0 Å². The lowest BCUT2D eigenvalue weighted by Crippen LogP contribution is -2.13. The number of carbonyl (C=O) groups is 1. The van der Waals surface area contributed by atoms with Crippen LogP contribution in [0.25, 0.3) is 10.2 Å². The molecule has 0 fully saturated rings. The normalized spacial score (nSPS) is 12.0. The lowest BCUT2D eigenvalue weighted by atomic mass is 10.2. The molecule has 0 N–H and O–H groups in total. The van der Waals surface area contributed by atoms with Gasteiger partial charge in [0.1, 0.15) is 0 Å². The number of amides is 1. The molecule has 2 aromatic carbocycles. The monoisotopic (exact) mass is 328 g/mol. The van der Waals surface area contributed by atoms with Crippen molar-refractivity contribution in [3.8, 4) is 0 Å². The Hall–Kier alpha value is -1.85. The summed E-state index contributed by atoms with van der Waals surface area (Å²) < 4.78 is 3.09. The van der Waals surface area contributed by atoms with Crippen LogP contribution in [0.15, 0.2) is 58.4 Å². The van der Waals surface area contributed by atoms with Crippen LogP contribution in [0.1, 0.15) is 17.3 Å². The van der Waals surface area contributed by atoms with E-state index in [0.29, 0.717) is 5.56 Å². The summed E-state index contributed by atoms with van der Waals surface area (Å²) in [5.74, 6) is 0.792. The number of rotatable bonds is 3. The van der Waals surface area contributed by atoms with Crippen LogP contribution in [-0.2, 0) is 7.05 Å². The zero-order valence-corrected chi connectivity index (χ0v) is 14.1. The molecule has 0 radical (unpaired) electrons. The number of nitrogens with zero attached hydrogens (tertiary/aromatic N) is 2. The highest BCUT2D eigenvalue weighted by Gasteiger charge is 2.07. The van der Waals surface area contributed by atoms with E-state index in [1.54, 1.807) is 11.8 Å². The number of hydrogen-bond acceptors (Lipinski definition) is 3. The molecule has 0 aliphatic carbocycles. The molecular weight excluding hydrogens is 312 g/mol. The molecule has 0 saturated carbocycles. The van der Waals surface area contributed by atoms with Crippen molar-refractivity contribution in [1.82, 2.24) is 4.57 Å². The van der Waals surface area contributed by atoms with Crippen LogP contribution in [0, 0.1) is 0 Å². The second kappa shape index (κ2) is 6.50. The maximum Gasteiger partial charge on any atom is 0.279 e. The molecule has 3 nitrogen and oxygen atoms in total. The summed E-state index contributed by atoms with van der Waals surface area (Å²) in [4.78, 5) is 18.5. The fraction of sp³-hybridized carbons (Fsp3) is 0.176. The van der Waals surface area contributed by atoms with E-state index in [9.17, 15) is 4.79 Å². The van der Waals surface area contributed by atoms with Gasteiger partial charge in [0.2, 0.25) is 0 Å². The molecule has 0 spiro atoms. The SMILES string of the molecule is CCSc1cccc(C(=O)N=c2sc3ccccc3n2C)c1. The first-order valence-electron chi connectivity index (χ1n) is 7.05. The molecular formula is C17H16N2OS2. The Bertz CT molecular complexity index is 893. The van der Waals surface area contributed by atoms with Crippen molar-refractivity contribution in [3.63, 3.8) is 0 Å². The van der Waals surface area contributed by atoms with E-state index in [-0.39, 0.29) is 5.91 Å². The van der Waals surface area contributed by atoms with Crippen molar-refractivity contribution in [2.24, 2.45) is 12.0 Å². The van der Waals surface area contributed by atoms with Crippen LogP contribution in [-0.4, -0.2) is 16.2 Å². The molecule has 3 rings (SSSR count). The van der Waals surface area contributed by atoms with Gasteiger partial charge in [0.15, 0.2) is 4.80 Å². The molecule has 22 heavy (non-hydrogen) atoms. The first kappa shape index (κ1) is 15.1. The van der Waals surface area contributed by atoms with Crippen LogP contribution >= 0.6 is 23.1 Å².